The van der Waals surface area contributed by atoms with Gasteiger partial charge in [-0.15, -0.1) is 0 Å². The number of hydrogen-bond donors (Lipinski definition) is 1. The second-order valence-corrected chi connectivity index (χ2v) is 8.28. The van der Waals surface area contributed by atoms with E-state index in [1.165, 1.54) is 4.90 Å². The standard InChI is InChI=1S/C16H20F3N3O4S/c1-27(25,26)22(13-4-2-12(3-5-13)16(17,18)19)10-14(23)21-8-6-11(7-9-21)15(20)24/h2-5,11H,6-10H2,1H3,(H2,20,24). The minimum absolute atomic E-state index is 0.0362. The van der Waals surface area contributed by atoms with Gasteiger partial charge in [-0.1, -0.05) is 0 Å². The third-order valence-electron chi connectivity index (χ3n) is 4.41. The first-order valence-corrected chi connectivity index (χ1v) is 9.96. The van der Waals surface area contributed by atoms with E-state index in [1.807, 2.05) is 0 Å². The lowest BCUT2D eigenvalue weighted by Crippen LogP contribution is -2.47. The molecular weight excluding hydrogens is 387 g/mol. The smallest absolute Gasteiger partial charge is 0.369 e. The van der Waals surface area contributed by atoms with Crippen LogP contribution in [0.15, 0.2) is 24.3 Å². The molecular formula is C16H20F3N3O4S. The maximum Gasteiger partial charge on any atom is 0.416 e. The number of alkyl halides is 3. The molecule has 1 heterocycles. The highest BCUT2D eigenvalue weighted by molar-refractivity contribution is 7.92. The maximum atomic E-state index is 12.7. The number of benzene rings is 1. The number of nitrogens with two attached hydrogens (primary N) is 1. The second kappa shape index (κ2) is 7.75. The number of amides is 2. The summed E-state index contributed by atoms with van der Waals surface area (Å²) in [5.74, 6) is -1.26. The predicted molar refractivity (Wildman–Crippen MR) is 92.1 cm³/mol. The molecule has 2 rings (SSSR count). The molecule has 1 aromatic rings. The molecule has 1 fully saturated rings. The summed E-state index contributed by atoms with van der Waals surface area (Å²) in [7, 11) is -3.89. The van der Waals surface area contributed by atoms with Crippen LogP contribution in [0.5, 0.6) is 0 Å². The summed E-state index contributed by atoms with van der Waals surface area (Å²) in [4.78, 5) is 25.0. The van der Waals surface area contributed by atoms with Crippen molar-refractivity contribution in [2.75, 3.05) is 30.2 Å². The van der Waals surface area contributed by atoms with Crippen molar-refractivity contribution in [2.45, 2.75) is 19.0 Å². The van der Waals surface area contributed by atoms with Crippen LogP contribution in [0.4, 0.5) is 18.9 Å². The van der Waals surface area contributed by atoms with Gasteiger partial charge in [0.25, 0.3) is 0 Å². The zero-order valence-corrected chi connectivity index (χ0v) is 15.4. The molecule has 0 saturated carbocycles. The molecule has 7 nitrogen and oxygen atoms in total. The molecule has 27 heavy (non-hydrogen) atoms. The Hall–Kier alpha value is -2.30. The summed E-state index contributed by atoms with van der Waals surface area (Å²) in [5.41, 5.74) is 4.28. The fourth-order valence-corrected chi connectivity index (χ4v) is 3.70. The van der Waals surface area contributed by atoms with Crippen LogP contribution in [0.1, 0.15) is 18.4 Å². The van der Waals surface area contributed by atoms with E-state index in [0.717, 1.165) is 34.8 Å². The Morgan fingerprint density at radius 3 is 2.11 bits per heavy atom. The number of likely N-dealkylation sites (tertiary alicyclic amines) is 1. The zero-order valence-electron chi connectivity index (χ0n) is 14.6. The molecule has 0 unspecified atom stereocenters. The number of nitrogens with zero attached hydrogens (tertiary/aromatic N) is 2. The van der Waals surface area contributed by atoms with Crippen molar-refractivity contribution in [1.82, 2.24) is 4.90 Å². The lowest BCUT2D eigenvalue weighted by Gasteiger charge is -2.32. The maximum absolute atomic E-state index is 12.7. The summed E-state index contributed by atoms with van der Waals surface area (Å²) in [6.45, 7) is -0.0143. The van der Waals surface area contributed by atoms with Crippen LogP contribution in [0.3, 0.4) is 0 Å². The monoisotopic (exact) mass is 407 g/mol. The van der Waals surface area contributed by atoms with E-state index < -0.39 is 40.1 Å². The summed E-state index contributed by atoms with van der Waals surface area (Å²) in [6, 6.07) is 3.54. The van der Waals surface area contributed by atoms with Gasteiger partial charge in [0.15, 0.2) is 0 Å². The molecule has 0 radical (unpaired) electrons. The quantitative estimate of drug-likeness (QED) is 0.792. The number of anilines is 1. The van der Waals surface area contributed by atoms with Gasteiger partial charge in [0.2, 0.25) is 21.8 Å². The van der Waals surface area contributed by atoms with E-state index >= 15 is 0 Å². The fourth-order valence-electron chi connectivity index (χ4n) is 2.85. The molecule has 0 aliphatic carbocycles. The summed E-state index contributed by atoms with van der Waals surface area (Å²) >= 11 is 0. The normalized spacial score (nSPS) is 16.2. The highest BCUT2D eigenvalue weighted by atomic mass is 32.2. The summed E-state index contributed by atoms with van der Waals surface area (Å²) in [5, 5.41) is 0. The van der Waals surface area contributed by atoms with Crippen LogP contribution in [0.25, 0.3) is 0 Å². The van der Waals surface area contributed by atoms with E-state index in [0.29, 0.717) is 12.8 Å². The van der Waals surface area contributed by atoms with E-state index in [-0.39, 0.29) is 24.7 Å². The van der Waals surface area contributed by atoms with Crippen LogP contribution in [0.2, 0.25) is 0 Å². The second-order valence-electron chi connectivity index (χ2n) is 6.37. The molecule has 150 valence electrons. The summed E-state index contributed by atoms with van der Waals surface area (Å²) < 4.78 is 62.9. The number of hydrogen-bond acceptors (Lipinski definition) is 4. The lowest BCUT2D eigenvalue weighted by atomic mass is 9.96. The Bertz CT molecular complexity index is 801. The van der Waals surface area contributed by atoms with E-state index in [2.05, 4.69) is 0 Å². The van der Waals surface area contributed by atoms with E-state index in [1.54, 1.807) is 0 Å². The first-order chi connectivity index (χ1) is 12.4. The Balaban J connectivity index is 2.14. The molecule has 1 aliphatic heterocycles. The van der Waals surface area contributed by atoms with Gasteiger partial charge in [0, 0.05) is 19.0 Å². The SMILES string of the molecule is CS(=O)(=O)N(CC(=O)N1CCC(C(N)=O)CC1)c1ccc(C(F)(F)F)cc1. The number of primary amides is 1. The van der Waals surface area contributed by atoms with Crippen molar-refractivity contribution in [1.29, 1.82) is 0 Å². The average molecular weight is 407 g/mol. The topological polar surface area (TPSA) is 101 Å². The minimum atomic E-state index is -4.55. The zero-order chi connectivity index (χ0) is 20.4. The molecule has 0 aromatic heterocycles. The van der Waals surface area contributed by atoms with Crippen molar-refractivity contribution in [3.05, 3.63) is 29.8 Å². The molecule has 0 bridgehead atoms. The molecule has 0 spiro atoms. The molecule has 1 saturated heterocycles. The Kier molecular flexibility index (Phi) is 6.03. The van der Waals surface area contributed by atoms with Gasteiger partial charge in [-0.2, -0.15) is 13.2 Å². The fraction of sp³-hybridized carbons (Fsp3) is 0.500. The van der Waals surface area contributed by atoms with Crippen molar-refractivity contribution in [3.8, 4) is 0 Å². The van der Waals surface area contributed by atoms with Crippen molar-refractivity contribution >= 4 is 27.5 Å². The molecule has 0 atom stereocenters. The third kappa shape index (κ3) is 5.34. The predicted octanol–water partition coefficient (Wildman–Crippen LogP) is 1.20. The Morgan fingerprint density at radius 2 is 1.70 bits per heavy atom. The minimum Gasteiger partial charge on any atom is -0.369 e. The largest absolute Gasteiger partial charge is 0.416 e. The summed E-state index contributed by atoms with van der Waals surface area (Å²) in [6.07, 6.45) is -2.90. The number of carbonyl (C=O) groups excluding carboxylic acids is 2. The van der Waals surface area contributed by atoms with Crippen molar-refractivity contribution in [2.24, 2.45) is 11.7 Å². The first-order valence-electron chi connectivity index (χ1n) is 8.11. The number of halogens is 3. The Labute approximate surface area is 155 Å². The Morgan fingerprint density at radius 1 is 1.19 bits per heavy atom. The van der Waals surface area contributed by atoms with Crippen LogP contribution in [-0.4, -0.2) is 51.0 Å². The van der Waals surface area contributed by atoms with Gasteiger partial charge in [-0.05, 0) is 37.1 Å². The highest BCUT2D eigenvalue weighted by Crippen LogP contribution is 2.31. The molecule has 11 heteroatoms. The van der Waals surface area contributed by atoms with Crippen molar-refractivity contribution in [3.63, 3.8) is 0 Å². The van der Waals surface area contributed by atoms with Crippen LogP contribution in [-0.2, 0) is 25.8 Å². The molecule has 1 aromatic carbocycles. The van der Waals surface area contributed by atoms with Gasteiger partial charge in [-0.25, -0.2) is 8.42 Å². The molecule has 2 N–H and O–H groups in total. The van der Waals surface area contributed by atoms with Gasteiger partial charge in [0.05, 0.1) is 17.5 Å². The van der Waals surface area contributed by atoms with Crippen LogP contribution < -0.4 is 10.0 Å². The van der Waals surface area contributed by atoms with Gasteiger partial charge >= 0.3 is 6.18 Å². The third-order valence-corrected chi connectivity index (χ3v) is 5.55. The highest BCUT2D eigenvalue weighted by Gasteiger charge is 2.32. The van der Waals surface area contributed by atoms with Gasteiger partial charge in [0.1, 0.15) is 6.54 Å². The number of sulfonamides is 1. The van der Waals surface area contributed by atoms with Crippen LogP contribution >= 0.6 is 0 Å². The van der Waals surface area contributed by atoms with Crippen molar-refractivity contribution < 1.29 is 31.2 Å². The van der Waals surface area contributed by atoms with Gasteiger partial charge < -0.3 is 10.6 Å². The van der Waals surface area contributed by atoms with E-state index in [9.17, 15) is 31.2 Å². The molecule has 2 amide bonds. The average Bonchev–Trinajstić information content (AvgIpc) is 2.58. The van der Waals surface area contributed by atoms with Gasteiger partial charge in [-0.3, -0.25) is 13.9 Å². The number of rotatable bonds is 5. The van der Waals surface area contributed by atoms with E-state index in [4.69, 9.17) is 5.73 Å². The lowest BCUT2D eigenvalue weighted by molar-refractivity contribution is -0.137. The first kappa shape index (κ1) is 21.0. The molecule has 1 aliphatic rings. The number of piperidine rings is 1. The number of carbonyl (C=O) groups is 2. The van der Waals surface area contributed by atoms with Crippen LogP contribution in [0, 0.1) is 5.92 Å².